The third-order valence-corrected chi connectivity index (χ3v) is 7.61. The second-order valence-electron chi connectivity index (χ2n) is 10.1. The number of carbonyl (C=O) groups is 1. The number of fused-ring (bicyclic) bond motifs is 1. The number of aromatic nitrogens is 1. The first-order valence-corrected chi connectivity index (χ1v) is 12.7. The normalized spacial score (nSPS) is 20.4. The number of carbonyl (C=O) groups excluding carboxylic acids is 1. The minimum atomic E-state index is -4.63. The fraction of sp³-hybridized carbons (Fsp3) is 0.615. The average molecular weight is 492 g/mol. The van der Waals surface area contributed by atoms with Crippen LogP contribution in [0.5, 0.6) is 5.75 Å². The smallest absolute Gasteiger partial charge is 0.417 e. The molecule has 6 nitrogen and oxygen atoms in total. The Kier molecular flexibility index (Phi) is 6.79. The zero-order valence-electron chi connectivity index (χ0n) is 19.9. The lowest BCUT2D eigenvalue weighted by Gasteiger charge is -2.40. The van der Waals surface area contributed by atoms with Crippen molar-refractivity contribution in [1.82, 2.24) is 14.4 Å². The Morgan fingerprint density at radius 2 is 1.69 bits per heavy atom. The molecule has 2 saturated heterocycles. The maximum atomic E-state index is 13.6. The maximum Gasteiger partial charge on any atom is 0.417 e. The van der Waals surface area contributed by atoms with Gasteiger partial charge < -0.3 is 19.1 Å². The minimum Gasteiger partial charge on any atom is -0.484 e. The maximum absolute atomic E-state index is 13.6. The molecule has 1 aromatic carbocycles. The zero-order chi connectivity index (χ0) is 24.6. The number of alkyl halides is 3. The average Bonchev–Trinajstić information content (AvgIpc) is 3.68. The Morgan fingerprint density at radius 1 is 0.971 bits per heavy atom. The molecule has 0 unspecified atom stereocenters. The molecule has 1 amide bonds. The first-order valence-electron chi connectivity index (χ1n) is 12.7. The molecule has 1 aliphatic carbocycles. The lowest BCUT2D eigenvalue weighted by atomic mass is 10.00. The van der Waals surface area contributed by atoms with Crippen molar-refractivity contribution in [2.75, 3.05) is 32.8 Å². The number of halogens is 3. The van der Waals surface area contributed by atoms with Crippen LogP contribution in [0.2, 0.25) is 0 Å². The van der Waals surface area contributed by atoms with E-state index in [0.29, 0.717) is 37.7 Å². The van der Waals surface area contributed by atoms with Crippen molar-refractivity contribution in [2.45, 2.75) is 63.7 Å². The van der Waals surface area contributed by atoms with Gasteiger partial charge in [0.15, 0.2) is 6.61 Å². The summed E-state index contributed by atoms with van der Waals surface area (Å²) in [6, 6.07) is 5.46. The lowest BCUT2D eigenvalue weighted by Crippen LogP contribution is -2.49. The number of hydrogen-bond donors (Lipinski definition) is 0. The molecule has 5 rings (SSSR count). The second-order valence-corrected chi connectivity index (χ2v) is 10.1. The topological polar surface area (TPSA) is 54.8 Å². The van der Waals surface area contributed by atoms with Crippen LogP contribution in [-0.4, -0.2) is 59.1 Å². The van der Waals surface area contributed by atoms with Crippen molar-refractivity contribution in [3.63, 3.8) is 0 Å². The standard InChI is InChI=1S/C26H32F3N3O3/c27-26(28,29)22-15-24(33)32(16-18-4-5-18)23-14-20(6-7-21(22)23)35-17-25(34)31-12-8-19(9-13-31)30-10-2-1-3-11-30/h6-7,14-15,18-19H,1-5,8-13,16-17H2. The number of likely N-dealkylation sites (tertiary alicyclic amines) is 2. The lowest BCUT2D eigenvalue weighted by molar-refractivity contribution is -0.136. The van der Waals surface area contributed by atoms with E-state index in [0.717, 1.165) is 38.8 Å². The Balaban J connectivity index is 1.27. The molecule has 1 saturated carbocycles. The highest BCUT2D eigenvalue weighted by molar-refractivity contribution is 5.85. The van der Waals surface area contributed by atoms with Gasteiger partial charge in [-0.05, 0) is 69.7 Å². The van der Waals surface area contributed by atoms with Crippen LogP contribution >= 0.6 is 0 Å². The summed E-state index contributed by atoms with van der Waals surface area (Å²) in [4.78, 5) is 29.7. The summed E-state index contributed by atoms with van der Waals surface area (Å²) >= 11 is 0. The van der Waals surface area contributed by atoms with Gasteiger partial charge in [0.1, 0.15) is 5.75 Å². The van der Waals surface area contributed by atoms with Crippen LogP contribution in [-0.2, 0) is 17.5 Å². The molecule has 3 fully saturated rings. The summed E-state index contributed by atoms with van der Waals surface area (Å²) < 4.78 is 47.9. The highest BCUT2D eigenvalue weighted by atomic mass is 19.4. The first kappa shape index (κ1) is 24.2. The predicted octanol–water partition coefficient (Wildman–Crippen LogP) is 4.29. The number of piperidine rings is 2. The number of ether oxygens (including phenoxy) is 1. The highest BCUT2D eigenvalue weighted by Crippen LogP contribution is 2.36. The van der Waals surface area contributed by atoms with E-state index in [1.165, 1.54) is 42.0 Å². The Bertz CT molecular complexity index is 1130. The van der Waals surface area contributed by atoms with Crippen LogP contribution in [0.3, 0.4) is 0 Å². The summed E-state index contributed by atoms with van der Waals surface area (Å²) in [5.74, 6) is 0.477. The third kappa shape index (κ3) is 5.50. The van der Waals surface area contributed by atoms with E-state index in [2.05, 4.69) is 4.90 Å². The van der Waals surface area contributed by atoms with Gasteiger partial charge in [-0.15, -0.1) is 0 Å². The van der Waals surface area contributed by atoms with Gasteiger partial charge in [-0.25, -0.2) is 0 Å². The van der Waals surface area contributed by atoms with Crippen molar-refractivity contribution in [3.05, 3.63) is 40.2 Å². The molecule has 1 aromatic heterocycles. The Labute approximate surface area is 202 Å². The molecular formula is C26H32F3N3O3. The summed E-state index contributed by atoms with van der Waals surface area (Å²) in [5.41, 5.74) is -1.41. The molecule has 3 aliphatic rings. The number of amides is 1. The Morgan fingerprint density at radius 3 is 2.34 bits per heavy atom. The summed E-state index contributed by atoms with van der Waals surface area (Å²) in [6.07, 6.45) is 3.01. The highest BCUT2D eigenvalue weighted by Gasteiger charge is 2.35. The minimum absolute atomic E-state index is 0.0313. The van der Waals surface area contributed by atoms with Crippen LogP contribution in [0.1, 0.15) is 50.5 Å². The molecule has 0 radical (unpaired) electrons. The molecule has 35 heavy (non-hydrogen) atoms. The van der Waals surface area contributed by atoms with Crippen molar-refractivity contribution in [2.24, 2.45) is 5.92 Å². The van der Waals surface area contributed by atoms with Crippen molar-refractivity contribution in [3.8, 4) is 5.75 Å². The molecule has 3 heterocycles. The SMILES string of the molecule is O=C(COc1ccc2c(C(F)(F)F)cc(=O)n(CC3CC3)c2c1)N1CCC(N2CCCCC2)CC1. The Hall–Kier alpha value is -2.55. The number of benzene rings is 1. The van der Waals surface area contributed by atoms with Gasteiger partial charge in [-0.3, -0.25) is 9.59 Å². The van der Waals surface area contributed by atoms with Crippen LogP contribution in [0.25, 0.3) is 10.9 Å². The van der Waals surface area contributed by atoms with Gasteiger partial charge in [-0.2, -0.15) is 13.2 Å². The molecule has 0 atom stereocenters. The molecular weight excluding hydrogens is 459 g/mol. The summed E-state index contributed by atoms with van der Waals surface area (Å²) in [5, 5.41) is -0.0313. The van der Waals surface area contributed by atoms with E-state index in [4.69, 9.17) is 4.74 Å². The van der Waals surface area contributed by atoms with Crippen molar-refractivity contribution < 1.29 is 22.7 Å². The molecule has 190 valence electrons. The molecule has 2 aliphatic heterocycles. The van der Waals surface area contributed by atoms with Crippen molar-refractivity contribution in [1.29, 1.82) is 0 Å². The van der Waals surface area contributed by atoms with Crippen molar-refractivity contribution >= 4 is 16.8 Å². The molecule has 9 heteroatoms. The van der Waals surface area contributed by atoms with E-state index >= 15 is 0 Å². The number of rotatable bonds is 6. The van der Waals surface area contributed by atoms with Crippen LogP contribution in [0.4, 0.5) is 13.2 Å². The number of pyridine rings is 1. The van der Waals surface area contributed by atoms with Gasteiger partial charge in [-0.1, -0.05) is 6.42 Å². The van der Waals surface area contributed by atoms with Gasteiger partial charge in [0.05, 0.1) is 11.1 Å². The van der Waals surface area contributed by atoms with E-state index in [-0.39, 0.29) is 29.2 Å². The molecule has 2 aromatic rings. The fourth-order valence-electron chi connectivity index (χ4n) is 5.43. The number of hydrogen-bond acceptors (Lipinski definition) is 4. The second kappa shape index (κ2) is 9.84. The number of nitrogens with zero attached hydrogens (tertiary/aromatic N) is 3. The van der Waals surface area contributed by atoms with Crippen LogP contribution in [0.15, 0.2) is 29.1 Å². The first-order chi connectivity index (χ1) is 16.8. The van der Waals surface area contributed by atoms with Crippen LogP contribution in [0, 0.1) is 5.92 Å². The van der Waals surface area contributed by atoms with Gasteiger partial charge in [0.25, 0.3) is 11.5 Å². The van der Waals surface area contributed by atoms with Gasteiger partial charge in [0, 0.05) is 43.2 Å². The van der Waals surface area contributed by atoms with E-state index in [1.807, 2.05) is 4.90 Å². The summed E-state index contributed by atoms with van der Waals surface area (Å²) in [6.45, 7) is 3.89. The van der Waals surface area contributed by atoms with E-state index in [9.17, 15) is 22.8 Å². The molecule has 0 spiro atoms. The largest absolute Gasteiger partial charge is 0.484 e. The van der Waals surface area contributed by atoms with E-state index in [1.54, 1.807) is 0 Å². The summed E-state index contributed by atoms with van der Waals surface area (Å²) in [7, 11) is 0. The fourth-order valence-corrected chi connectivity index (χ4v) is 5.43. The molecule has 0 bridgehead atoms. The van der Waals surface area contributed by atoms with Gasteiger partial charge >= 0.3 is 6.18 Å². The van der Waals surface area contributed by atoms with Gasteiger partial charge in [0.2, 0.25) is 0 Å². The zero-order valence-corrected chi connectivity index (χ0v) is 19.9. The van der Waals surface area contributed by atoms with Crippen LogP contribution < -0.4 is 10.3 Å². The van der Waals surface area contributed by atoms with E-state index < -0.39 is 17.3 Å². The quantitative estimate of drug-likeness (QED) is 0.605. The third-order valence-electron chi connectivity index (χ3n) is 7.61. The monoisotopic (exact) mass is 491 g/mol. The predicted molar refractivity (Wildman–Crippen MR) is 126 cm³/mol. The molecule has 0 N–H and O–H groups in total.